The lowest BCUT2D eigenvalue weighted by atomic mass is 10.1. The second-order valence-corrected chi connectivity index (χ2v) is 5.40. The van der Waals surface area contributed by atoms with Gasteiger partial charge < -0.3 is 9.67 Å². The van der Waals surface area contributed by atoms with Gasteiger partial charge in [-0.1, -0.05) is 24.3 Å². The molecule has 0 radical (unpaired) electrons. The van der Waals surface area contributed by atoms with Crippen molar-refractivity contribution in [2.24, 2.45) is 0 Å². The number of para-hydroxylation sites is 1. The summed E-state index contributed by atoms with van der Waals surface area (Å²) in [5.41, 5.74) is 4.94. The van der Waals surface area contributed by atoms with Crippen molar-refractivity contribution >= 4 is 16.9 Å². The maximum absolute atomic E-state index is 11.0. The number of aromatic carboxylic acids is 1. The number of carboxylic acids is 1. The maximum Gasteiger partial charge on any atom is 0.335 e. The van der Waals surface area contributed by atoms with Crippen LogP contribution >= 0.6 is 0 Å². The minimum Gasteiger partial charge on any atom is -0.478 e. The van der Waals surface area contributed by atoms with E-state index >= 15 is 0 Å². The summed E-state index contributed by atoms with van der Waals surface area (Å²) in [6, 6.07) is 13.6. The molecule has 0 aliphatic heterocycles. The average molecular weight is 279 g/mol. The molecule has 0 atom stereocenters. The molecule has 1 N–H and O–H groups in total. The number of fused-ring (bicyclic) bond motifs is 1. The fourth-order valence-electron chi connectivity index (χ4n) is 2.75. The SMILES string of the molecule is Cc1cc(C(=O)O)ccc1Cn1cc(C)c2ccccc21. The van der Waals surface area contributed by atoms with E-state index in [1.54, 1.807) is 12.1 Å². The van der Waals surface area contributed by atoms with Gasteiger partial charge in [-0.3, -0.25) is 0 Å². The van der Waals surface area contributed by atoms with Gasteiger partial charge in [0.05, 0.1) is 5.56 Å². The fourth-order valence-corrected chi connectivity index (χ4v) is 2.75. The van der Waals surface area contributed by atoms with Crippen LogP contribution in [0.3, 0.4) is 0 Å². The second kappa shape index (κ2) is 5.09. The smallest absolute Gasteiger partial charge is 0.335 e. The molecular formula is C18H17NO2. The standard InChI is InChI=1S/C18H17NO2/c1-12-9-14(18(20)21)7-8-15(12)11-19-10-13(2)16-5-3-4-6-17(16)19/h3-10H,11H2,1-2H3,(H,20,21). The van der Waals surface area contributed by atoms with E-state index in [0.29, 0.717) is 5.56 Å². The number of hydrogen-bond donors (Lipinski definition) is 1. The van der Waals surface area contributed by atoms with Crippen molar-refractivity contribution in [1.82, 2.24) is 4.57 Å². The molecule has 0 saturated carbocycles. The van der Waals surface area contributed by atoms with Crippen molar-refractivity contribution in [1.29, 1.82) is 0 Å². The topological polar surface area (TPSA) is 42.2 Å². The third-order valence-corrected chi connectivity index (χ3v) is 3.92. The Labute approximate surface area is 123 Å². The number of benzene rings is 2. The third kappa shape index (κ3) is 2.42. The summed E-state index contributed by atoms with van der Waals surface area (Å²) in [6.07, 6.45) is 2.15. The number of carboxylic acid groups (broad SMARTS) is 1. The van der Waals surface area contributed by atoms with Gasteiger partial charge in [0.15, 0.2) is 0 Å². The minimum atomic E-state index is -0.882. The Balaban J connectivity index is 2.01. The van der Waals surface area contributed by atoms with E-state index in [4.69, 9.17) is 5.11 Å². The molecule has 0 fully saturated rings. The zero-order valence-corrected chi connectivity index (χ0v) is 12.1. The highest BCUT2D eigenvalue weighted by Crippen LogP contribution is 2.22. The van der Waals surface area contributed by atoms with Gasteiger partial charge in [0.25, 0.3) is 0 Å². The highest BCUT2D eigenvalue weighted by molar-refractivity contribution is 5.88. The molecule has 0 saturated heterocycles. The Morgan fingerprint density at radius 3 is 2.57 bits per heavy atom. The van der Waals surface area contributed by atoms with Crippen LogP contribution in [0.5, 0.6) is 0 Å². The first-order valence-electron chi connectivity index (χ1n) is 6.93. The quantitative estimate of drug-likeness (QED) is 0.787. The third-order valence-electron chi connectivity index (χ3n) is 3.92. The molecule has 1 heterocycles. The summed E-state index contributed by atoms with van der Waals surface area (Å²) >= 11 is 0. The molecule has 0 bridgehead atoms. The Morgan fingerprint density at radius 2 is 1.86 bits per heavy atom. The van der Waals surface area contributed by atoms with Crippen LogP contribution in [-0.4, -0.2) is 15.6 Å². The maximum atomic E-state index is 11.0. The molecule has 3 heteroatoms. The molecule has 0 unspecified atom stereocenters. The van der Waals surface area contributed by atoms with E-state index in [2.05, 4.69) is 29.8 Å². The van der Waals surface area contributed by atoms with E-state index in [1.165, 1.54) is 16.5 Å². The number of aryl methyl sites for hydroxylation is 2. The zero-order valence-electron chi connectivity index (χ0n) is 12.1. The van der Waals surface area contributed by atoms with Crippen molar-refractivity contribution in [2.45, 2.75) is 20.4 Å². The molecule has 3 rings (SSSR count). The van der Waals surface area contributed by atoms with Crippen LogP contribution in [0.2, 0.25) is 0 Å². The number of aromatic nitrogens is 1. The van der Waals surface area contributed by atoms with Gasteiger partial charge in [0.1, 0.15) is 0 Å². The Morgan fingerprint density at radius 1 is 1.10 bits per heavy atom. The summed E-state index contributed by atoms with van der Waals surface area (Å²) < 4.78 is 2.22. The Kier molecular flexibility index (Phi) is 3.26. The van der Waals surface area contributed by atoms with Crippen LogP contribution in [0.15, 0.2) is 48.7 Å². The first kappa shape index (κ1) is 13.4. The highest BCUT2D eigenvalue weighted by Gasteiger charge is 2.09. The van der Waals surface area contributed by atoms with Crippen molar-refractivity contribution in [2.75, 3.05) is 0 Å². The lowest BCUT2D eigenvalue weighted by Gasteiger charge is -2.09. The van der Waals surface area contributed by atoms with E-state index in [0.717, 1.165) is 17.7 Å². The van der Waals surface area contributed by atoms with Gasteiger partial charge in [0.2, 0.25) is 0 Å². The minimum absolute atomic E-state index is 0.338. The molecular weight excluding hydrogens is 262 g/mol. The van der Waals surface area contributed by atoms with Gasteiger partial charge in [-0.2, -0.15) is 0 Å². The molecule has 21 heavy (non-hydrogen) atoms. The van der Waals surface area contributed by atoms with Crippen molar-refractivity contribution < 1.29 is 9.90 Å². The number of hydrogen-bond acceptors (Lipinski definition) is 1. The van der Waals surface area contributed by atoms with Crippen LogP contribution in [0.1, 0.15) is 27.0 Å². The molecule has 3 nitrogen and oxygen atoms in total. The zero-order chi connectivity index (χ0) is 15.0. The van der Waals surface area contributed by atoms with Gasteiger partial charge >= 0.3 is 5.97 Å². The molecule has 106 valence electrons. The molecule has 0 amide bonds. The fraction of sp³-hybridized carbons (Fsp3) is 0.167. The summed E-state index contributed by atoms with van der Waals surface area (Å²) in [5.74, 6) is -0.882. The van der Waals surface area contributed by atoms with Crippen molar-refractivity contribution in [3.63, 3.8) is 0 Å². The predicted octanol–water partition coefficient (Wildman–Crippen LogP) is 4.00. The second-order valence-electron chi connectivity index (χ2n) is 5.40. The van der Waals surface area contributed by atoms with Gasteiger partial charge in [-0.15, -0.1) is 0 Å². The summed E-state index contributed by atoms with van der Waals surface area (Å²) in [6.45, 7) is 4.82. The molecule has 2 aromatic carbocycles. The van der Waals surface area contributed by atoms with Crippen LogP contribution in [0.25, 0.3) is 10.9 Å². The molecule has 0 aliphatic rings. The summed E-state index contributed by atoms with van der Waals surface area (Å²) in [5, 5.41) is 10.3. The van der Waals surface area contributed by atoms with Crippen molar-refractivity contribution in [3.8, 4) is 0 Å². The monoisotopic (exact) mass is 279 g/mol. The van der Waals surface area contributed by atoms with Crippen LogP contribution < -0.4 is 0 Å². The molecule has 0 aliphatic carbocycles. The number of carbonyl (C=O) groups is 1. The lowest BCUT2D eigenvalue weighted by Crippen LogP contribution is -2.03. The van der Waals surface area contributed by atoms with E-state index in [1.807, 2.05) is 25.1 Å². The first-order valence-corrected chi connectivity index (χ1v) is 6.93. The van der Waals surface area contributed by atoms with Crippen LogP contribution in [0.4, 0.5) is 0 Å². The average Bonchev–Trinajstić information content (AvgIpc) is 2.78. The van der Waals surface area contributed by atoms with Gasteiger partial charge in [-0.25, -0.2) is 4.79 Å². The van der Waals surface area contributed by atoms with E-state index < -0.39 is 5.97 Å². The van der Waals surface area contributed by atoms with Gasteiger partial charge in [-0.05, 0) is 48.7 Å². The largest absolute Gasteiger partial charge is 0.478 e. The summed E-state index contributed by atoms with van der Waals surface area (Å²) in [4.78, 5) is 11.0. The Hall–Kier alpha value is -2.55. The van der Waals surface area contributed by atoms with Crippen LogP contribution in [0, 0.1) is 13.8 Å². The normalized spacial score (nSPS) is 11.0. The van der Waals surface area contributed by atoms with Crippen LogP contribution in [-0.2, 0) is 6.54 Å². The molecule has 1 aromatic heterocycles. The highest BCUT2D eigenvalue weighted by atomic mass is 16.4. The predicted molar refractivity (Wildman–Crippen MR) is 83.9 cm³/mol. The number of rotatable bonds is 3. The molecule has 3 aromatic rings. The Bertz CT molecular complexity index is 830. The molecule has 0 spiro atoms. The summed E-state index contributed by atoms with van der Waals surface area (Å²) in [7, 11) is 0. The van der Waals surface area contributed by atoms with Gasteiger partial charge in [0, 0.05) is 23.6 Å². The van der Waals surface area contributed by atoms with Crippen molar-refractivity contribution in [3.05, 3.63) is 70.9 Å². The first-order chi connectivity index (χ1) is 10.1. The lowest BCUT2D eigenvalue weighted by molar-refractivity contribution is 0.0697. The number of nitrogens with zero attached hydrogens (tertiary/aromatic N) is 1. The van der Waals surface area contributed by atoms with E-state index in [9.17, 15) is 4.79 Å². The van der Waals surface area contributed by atoms with E-state index in [-0.39, 0.29) is 0 Å².